The number of nitrogens with zero attached hydrogens (tertiary/aromatic N) is 5. The van der Waals surface area contributed by atoms with E-state index in [0.717, 1.165) is 44.7 Å². The largest absolute Gasteiger partial charge is 0.337 e. The van der Waals surface area contributed by atoms with Crippen LogP contribution in [0.15, 0.2) is 66.0 Å². The first kappa shape index (κ1) is 18.1. The lowest BCUT2D eigenvalue weighted by Gasteiger charge is -2.05. The summed E-state index contributed by atoms with van der Waals surface area (Å²) in [5.41, 5.74) is 7.39. The number of aromatic nitrogens is 6. The van der Waals surface area contributed by atoms with Crippen molar-refractivity contribution < 1.29 is 0 Å². The zero-order chi connectivity index (χ0) is 20.8. The number of aryl methyl sites for hydroxylation is 3. The summed E-state index contributed by atoms with van der Waals surface area (Å²) in [5.74, 6) is 0.698. The van der Waals surface area contributed by atoms with Crippen LogP contribution in [0.3, 0.4) is 0 Å². The van der Waals surface area contributed by atoms with Gasteiger partial charge >= 0.3 is 5.69 Å². The number of H-pyrrole nitrogens is 1. The summed E-state index contributed by atoms with van der Waals surface area (Å²) in [7, 11) is 3.57. The molecular formula is C23H20N6O. The zero-order valence-corrected chi connectivity index (χ0v) is 16.9. The lowest BCUT2D eigenvalue weighted by Crippen LogP contribution is -2.19. The number of imidazole rings is 2. The van der Waals surface area contributed by atoms with E-state index >= 15 is 0 Å². The Morgan fingerprint density at radius 2 is 1.63 bits per heavy atom. The first-order chi connectivity index (χ1) is 14.5. The molecule has 1 N–H and O–H groups in total. The molecule has 7 nitrogen and oxygen atoms in total. The van der Waals surface area contributed by atoms with E-state index < -0.39 is 0 Å². The Balaban J connectivity index is 1.76. The SMILES string of the molecule is Cc1cccc(-c2nc(-c3cncnc3)[nH]c2-c2ccc3c(c2)n(C)c(=O)n3C)c1. The van der Waals surface area contributed by atoms with Crippen molar-refractivity contribution in [3.63, 3.8) is 0 Å². The predicted molar refractivity (Wildman–Crippen MR) is 117 cm³/mol. The van der Waals surface area contributed by atoms with Crippen LogP contribution in [0.5, 0.6) is 0 Å². The molecule has 0 radical (unpaired) electrons. The van der Waals surface area contributed by atoms with Gasteiger partial charge in [0.25, 0.3) is 0 Å². The topological polar surface area (TPSA) is 81.4 Å². The molecule has 0 aliphatic rings. The molecule has 2 aromatic carbocycles. The van der Waals surface area contributed by atoms with Crippen molar-refractivity contribution in [2.75, 3.05) is 0 Å². The average Bonchev–Trinajstić information content (AvgIpc) is 3.31. The van der Waals surface area contributed by atoms with E-state index in [9.17, 15) is 4.79 Å². The van der Waals surface area contributed by atoms with Gasteiger partial charge in [0.15, 0.2) is 0 Å². The van der Waals surface area contributed by atoms with Crippen LogP contribution in [0.2, 0.25) is 0 Å². The van der Waals surface area contributed by atoms with Crippen LogP contribution >= 0.6 is 0 Å². The average molecular weight is 396 g/mol. The summed E-state index contributed by atoms with van der Waals surface area (Å²) in [6, 6.07) is 14.3. The van der Waals surface area contributed by atoms with Crippen LogP contribution in [-0.2, 0) is 14.1 Å². The van der Waals surface area contributed by atoms with Gasteiger partial charge < -0.3 is 4.98 Å². The van der Waals surface area contributed by atoms with Crippen LogP contribution in [0.1, 0.15) is 5.56 Å². The maximum atomic E-state index is 12.3. The maximum Gasteiger partial charge on any atom is 0.328 e. The third kappa shape index (κ3) is 2.83. The summed E-state index contributed by atoms with van der Waals surface area (Å²) in [4.78, 5) is 28.9. The Hall–Kier alpha value is -4.00. The normalized spacial score (nSPS) is 11.3. The highest BCUT2D eigenvalue weighted by Gasteiger charge is 2.17. The zero-order valence-electron chi connectivity index (χ0n) is 16.9. The van der Waals surface area contributed by atoms with E-state index in [4.69, 9.17) is 4.98 Å². The second kappa shape index (κ2) is 6.81. The fourth-order valence-corrected chi connectivity index (χ4v) is 3.80. The molecule has 0 spiro atoms. The van der Waals surface area contributed by atoms with Crippen molar-refractivity contribution in [2.24, 2.45) is 14.1 Å². The predicted octanol–water partition coefficient (Wildman–Crippen LogP) is 3.70. The van der Waals surface area contributed by atoms with E-state index in [0.29, 0.717) is 5.82 Å². The molecule has 7 heteroatoms. The molecule has 5 rings (SSSR count). The van der Waals surface area contributed by atoms with Gasteiger partial charge in [0.2, 0.25) is 0 Å². The van der Waals surface area contributed by atoms with Gasteiger partial charge in [0.1, 0.15) is 12.2 Å². The summed E-state index contributed by atoms with van der Waals surface area (Å²) in [6.07, 6.45) is 4.97. The van der Waals surface area contributed by atoms with Crippen molar-refractivity contribution in [3.05, 3.63) is 77.2 Å². The van der Waals surface area contributed by atoms with E-state index in [2.05, 4.69) is 40.1 Å². The minimum absolute atomic E-state index is 0.0483. The standard InChI is InChI=1S/C23H20N6O/c1-14-5-4-6-15(9-14)20-21(27-22(26-20)17-11-24-13-25-12-17)16-7-8-18-19(10-16)29(3)23(30)28(18)2/h4-13H,1-3H3,(H,26,27). The lowest BCUT2D eigenvalue weighted by molar-refractivity contribution is 0.795. The Labute approximate surface area is 172 Å². The molecule has 148 valence electrons. The summed E-state index contributed by atoms with van der Waals surface area (Å²) in [5, 5.41) is 0. The van der Waals surface area contributed by atoms with Crippen molar-refractivity contribution >= 4 is 11.0 Å². The van der Waals surface area contributed by atoms with Gasteiger partial charge in [0.05, 0.1) is 28.0 Å². The van der Waals surface area contributed by atoms with Gasteiger partial charge in [-0.05, 0) is 25.1 Å². The van der Waals surface area contributed by atoms with Crippen LogP contribution < -0.4 is 5.69 Å². The van der Waals surface area contributed by atoms with Crippen molar-refractivity contribution in [1.82, 2.24) is 29.1 Å². The van der Waals surface area contributed by atoms with E-state index in [1.54, 1.807) is 35.6 Å². The minimum atomic E-state index is -0.0483. The van der Waals surface area contributed by atoms with E-state index in [1.807, 2.05) is 24.3 Å². The molecular weight excluding hydrogens is 376 g/mol. The van der Waals surface area contributed by atoms with Crippen LogP contribution in [-0.4, -0.2) is 29.1 Å². The molecule has 5 aromatic rings. The number of benzene rings is 2. The maximum absolute atomic E-state index is 12.3. The number of fused-ring (bicyclic) bond motifs is 1. The molecule has 0 unspecified atom stereocenters. The fourth-order valence-electron chi connectivity index (χ4n) is 3.80. The third-order valence-electron chi connectivity index (χ3n) is 5.39. The Morgan fingerprint density at radius 3 is 2.40 bits per heavy atom. The molecule has 0 fully saturated rings. The smallest absolute Gasteiger partial charge is 0.328 e. The number of aromatic amines is 1. The fraction of sp³-hybridized carbons (Fsp3) is 0.130. The van der Waals surface area contributed by atoms with Gasteiger partial charge in [-0.15, -0.1) is 0 Å². The highest BCUT2D eigenvalue weighted by molar-refractivity contribution is 5.87. The highest BCUT2D eigenvalue weighted by atomic mass is 16.1. The molecule has 0 saturated heterocycles. The monoisotopic (exact) mass is 396 g/mol. The molecule has 3 heterocycles. The quantitative estimate of drug-likeness (QED) is 0.504. The molecule has 0 aliphatic carbocycles. The van der Waals surface area contributed by atoms with Crippen molar-refractivity contribution in [3.8, 4) is 33.9 Å². The van der Waals surface area contributed by atoms with Crippen LogP contribution in [0, 0.1) is 6.92 Å². The van der Waals surface area contributed by atoms with Crippen LogP contribution in [0.4, 0.5) is 0 Å². The molecule has 0 bridgehead atoms. The summed E-state index contributed by atoms with van der Waals surface area (Å²) < 4.78 is 3.31. The van der Waals surface area contributed by atoms with Gasteiger partial charge in [-0.1, -0.05) is 29.8 Å². The van der Waals surface area contributed by atoms with Gasteiger partial charge in [-0.2, -0.15) is 0 Å². The summed E-state index contributed by atoms with van der Waals surface area (Å²) >= 11 is 0. The Kier molecular flexibility index (Phi) is 4.10. The first-order valence-electron chi connectivity index (χ1n) is 9.61. The number of nitrogens with one attached hydrogen (secondary N) is 1. The molecule has 30 heavy (non-hydrogen) atoms. The first-order valence-corrected chi connectivity index (χ1v) is 9.61. The molecule has 0 amide bonds. The number of rotatable bonds is 3. The second-order valence-corrected chi connectivity index (χ2v) is 7.41. The summed E-state index contributed by atoms with van der Waals surface area (Å²) in [6.45, 7) is 2.06. The van der Waals surface area contributed by atoms with Gasteiger partial charge in [0, 0.05) is 37.6 Å². The van der Waals surface area contributed by atoms with E-state index in [1.165, 1.54) is 6.33 Å². The highest BCUT2D eigenvalue weighted by Crippen LogP contribution is 2.34. The van der Waals surface area contributed by atoms with Gasteiger partial charge in [-0.3, -0.25) is 9.13 Å². The van der Waals surface area contributed by atoms with Crippen molar-refractivity contribution in [2.45, 2.75) is 6.92 Å². The third-order valence-corrected chi connectivity index (χ3v) is 5.39. The second-order valence-electron chi connectivity index (χ2n) is 7.41. The molecule has 3 aromatic heterocycles. The minimum Gasteiger partial charge on any atom is -0.337 e. The van der Waals surface area contributed by atoms with Gasteiger partial charge in [-0.25, -0.2) is 19.7 Å². The molecule has 0 atom stereocenters. The lowest BCUT2D eigenvalue weighted by atomic mass is 10.0. The molecule has 0 saturated carbocycles. The number of hydrogen-bond acceptors (Lipinski definition) is 4. The Bertz CT molecular complexity index is 1440. The number of hydrogen-bond donors (Lipinski definition) is 1. The van der Waals surface area contributed by atoms with E-state index in [-0.39, 0.29) is 5.69 Å². The van der Waals surface area contributed by atoms with Crippen molar-refractivity contribution in [1.29, 1.82) is 0 Å². The Morgan fingerprint density at radius 1 is 0.867 bits per heavy atom. The van der Waals surface area contributed by atoms with Crippen LogP contribution in [0.25, 0.3) is 44.9 Å². The molecule has 0 aliphatic heterocycles.